The number of para-hydroxylation sites is 2. The summed E-state index contributed by atoms with van der Waals surface area (Å²) in [4.78, 5) is 17.1. The van der Waals surface area contributed by atoms with Crippen molar-refractivity contribution in [3.8, 4) is 0 Å². The van der Waals surface area contributed by atoms with Crippen molar-refractivity contribution in [2.45, 2.75) is 50.4 Å². The van der Waals surface area contributed by atoms with Gasteiger partial charge < -0.3 is 14.6 Å². The van der Waals surface area contributed by atoms with E-state index in [-0.39, 0.29) is 5.91 Å². The molecule has 1 N–H and O–H groups in total. The molecular weight excluding hydrogens is 334 g/mol. The van der Waals surface area contributed by atoms with Gasteiger partial charge in [0.15, 0.2) is 5.16 Å². The number of thioether (sulfide) groups is 1. The molecule has 2 aromatic rings. The molecular formula is C19H27N3O2S. The Morgan fingerprint density at radius 1 is 1.36 bits per heavy atom. The lowest BCUT2D eigenvalue weighted by Crippen LogP contribution is -2.41. The molecule has 1 aromatic carbocycles. The van der Waals surface area contributed by atoms with E-state index in [1.165, 1.54) is 31.0 Å². The molecule has 1 aliphatic rings. The van der Waals surface area contributed by atoms with E-state index in [2.05, 4.69) is 27.9 Å². The van der Waals surface area contributed by atoms with Crippen LogP contribution in [0.2, 0.25) is 0 Å². The molecule has 1 aromatic heterocycles. The first-order valence-electron chi connectivity index (χ1n) is 9.05. The SMILES string of the molecule is COCCn1c(SCC(=O)N[C@@H]2CCCC[C@H]2C)nc2ccccc21. The summed E-state index contributed by atoms with van der Waals surface area (Å²) in [6, 6.07) is 8.40. The summed E-state index contributed by atoms with van der Waals surface area (Å²) in [6.45, 7) is 3.60. The van der Waals surface area contributed by atoms with Gasteiger partial charge in [-0.05, 0) is 30.9 Å². The van der Waals surface area contributed by atoms with Crippen LogP contribution in [0.15, 0.2) is 29.4 Å². The normalized spacial score (nSPS) is 20.7. The molecule has 1 aliphatic carbocycles. The van der Waals surface area contributed by atoms with Gasteiger partial charge in [0, 0.05) is 19.7 Å². The van der Waals surface area contributed by atoms with E-state index >= 15 is 0 Å². The van der Waals surface area contributed by atoms with Crippen molar-refractivity contribution in [1.82, 2.24) is 14.9 Å². The number of carbonyl (C=O) groups is 1. The van der Waals surface area contributed by atoms with Gasteiger partial charge in [0.2, 0.25) is 5.91 Å². The van der Waals surface area contributed by atoms with Gasteiger partial charge in [-0.15, -0.1) is 0 Å². The molecule has 136 valence electrons. The maximum absolute atomic E-state index is 12.4. The number of fused-ring (bicyclic) bond motifs is 1. The number of nitrogens with zero attached hydrogens (tertiary/aromatic N) is 2. The summed E-state index contributed by atoms with van der Waals surface area (Å²) >= 11 is 1.51. The minimum atomic E-state index is 0.106. The molecule has 1 heterocycles. The zero-order valence-electron chi connectivity index (χ0n) is 15.0. The van der Waals surface area contributed by atoms with Crippen LogP contribution in [0.4, 0.5) is 0 Å². The Labute approximate surface area is 153 Å². The smallest absolute Gasteiger partial charge is 0.230 e. The van der Waals surface area contributed by atoms with Crippen molar-refractivity contribution < 1.29 is 9.53 Å². The monoisotopic (exact) mass is 361 g/mol. The van der Waals surface area contributed by atoms with Crippen molar-refractivity contribution in [2.75, 3.05) is 19.5 Å². The molecule has 0 unspecified atom stereocenters. The highest BCUT2D eigenvalue weighted by atomic mass is 32.2. The summed E-state index contributed by atoms with van der Waals surface area (Å²) in [5, 5.41) is 4.09. The number of ether oxygens (including phenoxy) is 1. The predicted octanol–water partition coefficient (Wildman–Crippen LogP) is 3.47. The standard InChI is InChI=1S/C19H27N3O2S/c1-14-7-3-4-8-15(14)20-18(23)13-25-19-21-16-9-5-6-10-17(16)22(19)11-12-24-2/h5-6,9-10,14-15H,3-4,7-8,11-13H2,1-2H3,(H,20,23)/t14-,15-/m1/s1. The van der Waals surface area contributed by atoms with E-state index in [0.29, 0.717) is 24.3 Å². The quantitative estimate of drug-likeness (QED) is 0.767. The van der Waals surface area contributed by atoms with Gasteiger partial charge in [0.1, 0.15) is 0 Å². The molecule has 0 spiro atoms. The zero-order chi connectivity index (χ0) is 17.6. The number of benzene rings is 1. The molecule has 2 atom stereocenters. The molecule has 0 radical (unpaired) electrons. The molecule has 5 nitrogen and oxygen atoms in total. The summed E-state index contributed by atoms with van der Waals surface area (Å²) in [5.41, 5.74) is 2.05. The van der Waals surface area contributed by atoms with Crippen molar-refractivity contribution in [1.29, 1.82) is 0 Å². The summed E-state index contributed by atoms with van der Waals surface area (Å²) < 4.78 is 7.36. The first kappa shape index (κ1) is 18.3. The van der Waals surface area contributed by atoms with Crippen molar-refractivity contribution >= 4 is 28.7 Å². The molecule has 25 heavy (non-hydrogen) atoms. The number of methoxy groups -OCH3 is 1. The lowest BCUT2D eigenvalue weighted by atomic mass is 9.86. The molecule has 0 saturated heterocycles. The number of carbonyl (C=O) groups excluding carboxylic acids is 1. The Bertz CT molecular complexity index is 716. The van der Waals surface area contributed by atoms with Crippen LogP contribution in [0.25, 0.3) is 11.0 Å². The average molecular weight is 362 g/mol. The van der Waals surface area contributed by atoms with E-state index in [1.54, 1.807) is 7.11 Å². The lowest BCUT2D eigenvalue weighted by Gasteiger charge is -2.29. The fourth-order valence-corrected chi connectivity index (χ4v) is 4.32. The Balaban J connectivity index is 1.64. The third-order valence-electron chi connectivity index (χ3n) is 4.93. The number of hydrogen-bond donors (Lipinski definition) is 1. The maximum atomic E-state index is 12.4. The minimum Gasteiger partial charge on any atom is -0.383 e. The Hall–Kier alpha value is -1.53. The second-order valence-corrected chi connectivity index (χ2v) is 7.69. The van der Waals surface area contributed by atoms with E-state index < -0.39 is 0 Å². The highest BCUT2D eigenvalue weighted by Gasteiger charge is 2.23. The van der Waals surface area contributed by atoms with Gasteiger partial charge in [-0.1, -0.05) is 43.7 Å². The Kier molecular flexibility index (Phi) is 6.37. The van der Waals surface area contributed by atoms with Crippen LogP contribution in [0.5, 0.6) is 0 Å². The number of amides is 1. The van der Waals surface area contributed by atoms with Crippen LogP contribution < -0.4 is 5.32 Å². The molecule has 1 amide bonds. The van der Waals surface area contributed by atoms with Gasteiger partial charge in [0.25, 0.3) is 0 Å². The highest BCUT2D eigenvalue weighted by Crippen LogP contribution is 2.26. The fourth-order valence-electron chi connectivity index (χ4n) is 3.47. The van der Waals surface area contributed by atoms with Crippen LogP contribution in [-0.4, -0.2) is 41.0 Å². The van der Waals surface area contributed by atoms with E-state index in [1.807, 2.05) is 18.2 Å². The zero-order valence-corrected chi connectivity index (χ0v) is 15.8. The predicted molar refractivity (Wildman–Crippen MR) is 102 cm³/mol. The van der Waals surface area contributed by atoms with Gasteiger partial charge in [0.05, 0.1) is 23.4 Å². The molecule has 3 rings (SSSR count). The van der Waals surface area contributed by atoms with Gasteiger partial charge >= 0.3 is 0 Å². The lowest BCUT2D eigenvalue weighted by molar-refractivity contribution is -0.119. The second-order valence-electron chi connectivity index (χ2n) is 6.75. The molecule has 0 bridgehead atoms. The molecule has 0 aliphatic heterocycles. The summed E-state index contributed by atoms with van der Waals surface area (Å²) in [6.07, 6.45) is 4.82. The number of rotatable bonds is 7. The van der Waals surface area contributed by atoms with Crippen LogP contribution in [0, 0.1) is 5.92 Å². The number of hydrogen-bond acceptors (Lipinski definition) is 4. The van der Waals surface area contributed by atoms with Crippen molar-refractivity contribution in [3.05, 3.63) is 24.3 Å². The number of aromatic nitrogens is 2. The third kappa shape index (κ3) is 4.55. The van der Waals surface area contributed by atoms with Gasteiger partial charge in [-0.3, -0.25) is 4.79 Å². The molecule has 1 saturated carbocycles. The Morgan fingerprint density at radius 3 is 2.96 bits per heavy atom. The molecule has 6 heteroatoms. The average Bonchev–Trinajstić information content (AvgIpc) is 2.98. The summed E-state index contributed by atoms with van der Waals surface area (Å²) in [5.74, 6) is 1.09. The van der Waals surface area contributed by atoms with Crippen molar-refractivity contribution in [2.24, 2.45) is 5.92 Å². The van der Waals surface area contributed by atoms with E-state index in [4.69, 9.17) is 4.74 Å². The molecule has 1 fully saturated rings. The van der Waals surface area contributed by atoms with Crippen LogP contribution in [-0.2, 0) is 16.1 Å². The van der Waals surface area contributed by atoms with Crippen molar-refractivity contribution in [3.63, 3.8) is 0 Å². The first-order chi connectivity index (χ1) is 12.2. The number of imidazole rings is 1. The van der Waals surface area contributed by atoms with Gasteiger partial charge in [-0.25, -0.2) is 4.98 Å². The number of nitrogens with one attached hydrogen (secondary N) is 1. The highest BCUT2D eigenvalue weighted by molar-refractivity contribution is 7.99. The second kappa shape index (κ2) is 8.72. The first-order valence-corrected chi connectivity index (χ1v) is 10.0. The van der Waals surface area contributed by atoms with Crippen LogP contribution in [0.1, 0.15) is 32.6 Å². The van der Waals surface area contributed by atoms with Crippen LogP contribution in [0.3, 0.4) is 0 Å². The van der Waals surface area contributed by atoms with E-state index in [0.717, 1.165) is 29.2 Å². The third-order valence-corrected chi connectivity index (χ3v) is 5.91. The minimum absolute atomic E-state index is 0.106. The topological polar surface area (TPSA) is 56.1 Å². The van der Waals surface area contributed by atoms with Crippen LogP contribution >= 0.6 is 11.8 Å². The maximum Gasteiger partial charge on any atom is 0.230 e. The fraction of sp³-hybridized carbons (Fsp3) is 0.579. The summed E-state index contributed by atoms with van der Waals surface area (Å²) in [7, 11) is 1.70. The largest absolute Gasteiger partial charge is 0.383 e. The Morgan fingerprint density at radius 2 is 2.16 bits per heavy atom. The van der Waals surface area contributed by atoms with E-state index in [9.17, 15) is 4.79 Å². The van der Waals surface area contributed by atoms with Gasteiger partial charge in [-0.2, -0.15) is 0 Å².